The van der Waals surface area contributed by atoms with Crippen molar-refractivity contribution in [1.82, 2.24) is 0 Å². The number of halogens is 2. The Labute approximate surface area is 91.1 Å². The van der Waals surface area contributed by atoms with Crippen molar-refractivity contribution in [3.63, 3.8) is 0 Å². The number of hydrogen-bond acceptors (Lipinski definition) is 3. The molecular weight excluding hydrogens is 225 g/mol. The number of rotatable bonds is 2. The number of methoxy groups -OCH3 is 1. The fourth-order valence-electron chi connectivity index (χ4n) is 0.872. The lowest BCUT2D eigenvalue weighted by atomic mass is 10.1. The van der Waals surface area contributed by atoms with Crippen LogP contribution in [0.5, 0.6) is 0 Å². The van der Waals surface area contributed by atoms with Crippen molar-refractivity contribution >= 4 is 34.9 Å². The van der Waals surface area contributed by atoms with Crippen molar-refractivity contribution in [3.8, 4) is 0 Å². The zero-order valence-electron chi connectivity index (χ0n) is 7.30. The highest BCUT2D eigenvalue weighted by Crippen LogP contribution is 2.22. The van der Waals surface area contributed by atoms with Crippen LogP contribution >= 0.6 is 23.2 Å². The summed E-state index contributed by atoms with van der Waals surface area (Å²) in [4.78, 5) is 11.0. The minimum atomic E-state index is -0.705. The Morgan fingerprint density at radius 2 is 2.00 bits per heavy atom. The maximum Gasteiger partial charge on any atom is 0.356 e. The standard InChI is InChI=1S/C9H7Cl2NO2/c1-14-9(13)8(12)5-2-3-6(10)7(11)4-5/h2-4,12H,1H3. The zero-order valence-corrected chi connectivity index (χ0v) is 8.82. The molecule has 0 atom stereocenters. The molecule has 0 radical (unpaired) electrons. The summed E-state index contributed by atoms with van der Waals surface area (Å²) in [6.45, 7) is 0. The minimum absolute atomic E-state index is 0.244. The molecule has 0 amide bonds. The lowest BCUT2D eigenvalue weighted by Crippen LogP contribution is -2.15. The van der Waals surface area contributed by atoms with Crippen molar-refractivity contribution in [2.45, 2.75) is 0 Å². The van der Waals surface area contributed by atoms with Crippen LogP contribution in [0.2, 0.25) is 10.0 Å². The molecule has 0 saturated carbocycles. The van der Waals surface area contributed by atoms with Gasteiger partial charge in [0.25, 0.3) is 0 Å². The lowest BCUT2D eigenvalue weighted by molar-refractivity contribution is -0.132. The topological polar surface area (TPSA) is 50.2 Å². The summed E-state index contributed by atoms with van der Waals surface area (Å²) in [5, 5.41) is 8.11. The molecule has 1 rings (SSSR count). The van der Waals surface area contributed by atoms with Crippen molar-refractivity contribution in [2.75, 3.05) is 7.11 Å². The average molecular weight is 232 g/mol. The maximum absolute atomic E-state index is 11.0. The molecule has 0 spiro atoms. The SMILES string of the molecule is COC(=O)C(=N)c1ccc(Cl)c(Cl)c1. The molecule has 0 aliphatic rings. The normalized spacial score (nSPS) is 9.64. The summed E-state index contributed by atoms with van der Waals surface area (Å²) < 4.78 is 4.40. The summed E-state index contributed by atoms with van der Waals surface area (Å²) in [6.07, 6.45) is 0. The van der Waals surface area contributed by atoms with Gasteiger partial charge in [-0.25, -0.2) is 4.79 Å². The van der Waals surface area contributed by atoms with Gasteiger partial charge < -0.3 is 4.74 Å². The number of ether oxygens (including phenoxy) is 1. The first-order chi connectivity index (χ1) is 6.56. The molecule has 0 aromatic heterocycles. The zero-order chi connectivity index (χ0) is 10.7. The molecule has 1 aromatic carbocycles. The van der Waals surface area contributed by atoms with E-state index >= 15 is 0 Å². The quantitative estimate of drug-likeness (QED) is 0.629. The predicted molar refractivity (Wildman–Crippen MR) is 55.3 cm³/mol. The van der Waals surface area contributed by atoms with E-state index in [0.29, 0.717) is 15.6 Å². The van der Waals surface area contributed by atoms with E-state index in [1.54, 1.807) is 0 Å². The predicted octanol–water partition coefficient (Wildman–Crippen LogP) is 2.53. The molecule has 0 heterocycles. The van der Waals surface area contributed by atoms with Crippen LogP contribution in [0.1, 0.15) is 5.56 Å². The summed E-state index contributed by atoms with van der Waals surface area (Å²) >= 11 is 11.4. The molecule has 0 aliphatic heterocycles. The first kappa shape index (κ1) is 11.0. The van der Waals surface area contributed by atoms with Crippen LogP contribution in [0.3, 0.4) is 0 Å². The Morgan fingerprint density at radius 3 is 2.50 bits per heavy atom. The van der Waals surface area contributed by atoms with Gasteiger partial charge in [-0.05, 0) is 12.1 Å². The van der Waals surface area contributed by atoms with Gasteiger partial charge in [-0.15, -0.1) is 0 Å². The van der Waals surface area contributed by atoms with Gasteiger partial charge in [0, 0.05) is 5.56 Å². The second kappa shape index (κ2) is 4.44. The Hall–Kier alpha value is -1.06. The van der Waals surface area contributed by atoms with Gasteiger partial charge in [0.15, 0.2) is 0 Å². The van der Waals surface area contributed by atoms with Crippen LogP contribution in [-0.2, 0) is 9.53 Å². The molecule has 0 fully saturated rings. The summed E-state index contributed by atoms with van der Waals surface area (Å²) in [5.41, 5.74) is 0.136. The summed E-state index contributed by atoms with van der Waals surface area (Å²) in [6, 6.07) is 4.51. The van der Waals surface area contributed by atoms with E-state index in [9.17, 15) is 4.79 Å². The summed E-state index contributed by atoms with van der Waals surface area (Å²) in [7, 11) is 1.22. The van der Waals surface area contributed by atoms with Crippen molar-refractivity contribution in [3.05, 3.63) is 33.8 Å². The van der Waals surface area contributed by atoms with E-state index in [0.717, 1.165) is 0 Å². The first-order valence-electron chi connectivity index (χ1n) is 3.68. The monoisotopic (exact) mass is 231 g/mol. The second-order valence-electron chi connectivity index (χ2n) is 2.50. The number of nitrogens with one attached hydrogen (secondary N) is 1. The van der Waals surface area contributed by atoms with Gasteiger partial charge >= 0.3 is 5.97 Å². The van der Waals surface area contributed by atoms with Crippen LogP contribution in [-0.4, -0.2) is 18.8 Å². The summed E-state index contributed by atoms with van der Waals surface area (Å²) in [5.74, 6) is -0.705. The van der Waals surface area contributed by atoms with Gasteiger partial charge in [-0.3, -0.25) is 5.41 Å². The number of carbonyl (C=O) groups is 1. The van der Waals surface area contributed by atoms with Crippen molar-refractivity contribution in [2.24, 2.45) is 0 Å². The van der Waals surface area contributed by atoms with Gasteiger partial charge in [-0.1, -0.05) is 29.3 Å². The van der Waals surface area contributed by atoms with Gasteiger partial charge in [-0.2, -0.15) is 0 Å². The lowest BCUT2D eigenvalue weighted by Gasteiger charge is -2.02. The molecule has 3 nitrogen and oxygen atoms in total. The van der Waals surface area contributed by atoms with E-state index in [1.165, 1.54) is 25.3 Å². The van der Waals surface area contributed by atoms with Crippen LogP contribution in [0.25, 0.3) is 0 Å². The Kier molecular flexibility index (Phi) is 3.49. The van der Waals surface area contributed by atoms with Crippen LogP contribution in [0, 0.1) is 5.41 Å². The van der Waals surface area contributed by atoms with E-state index in [1.807, 2.05) is 0 Å². The molecule has 0 saturated heterocycles. The third-order valence-electron chi connectivity index (χ3n) is 1.60. The Morgan fingerprint density at radius 1 is 1.36 bits per heavy atom. The molecule has 1 aromatic rings. The largest absolute Gasteiger partial charge is 0.464 e. The maximum atomic E-state index is 11.0. The van der Waals surface area contributed by atoms with Crippen LogP contribution < -0.4 is 0 Å². The molecule has 5 heteroatoms. The highest BCUT2D eigenvalue weighted by atomic mass is 35.5. The second-order valence-corrected chi connectivity index (χ2v) is 3.31. The Balaban J connectivity index is 3.03. The molecule has 0 aliphatic carbocycles. The third kappa shape index (κ3) is 2.25. The van der Waals surface area contributed by atoms with Gasteiger partial charge in [0.2, 0.25) is 0 Å². The number of carbonyl (C=O) groups excluding carboxylic acids is 1. The highest BCUT2D eigenvalue weighted by molar-refractivity contribution is 6.44. The van der Waals surface area contributed by atoms with E-state index in [2.05, 4.69) is 4.74 Å². The number of benzene rings is 1. The highest BCUT2D eigenvalue weighted by Gasteiger charge is 2.12. The number of hydrogen-bond donors (Lipinski definition) is 1. The van der Waals surface area contributed by atoms with Gasteiger partial charge in [0.05, 0.1) is 17.2 Å². The van der Waals surface area contributed by atoms with Crippen molar-refractivity contribution in [1.29, 1.82) is 5.41 Å². The number of esters is 1. The molecule has 1 N–H and O–H groups in total. The molecular formula is C9H7Cl2NO2. The van der Waals surface area contributed by atoms with E-state index in [4.69, 9.17) is 28.6 Å². The average Bonchev–Trinajstić information content (AvgIpc) is 2.20. The fraction of sp³-hybridized carbons (Fsp3) is 0.111. The molecule has 14 heavy (non-hydrogen) atoms. The van der Waals surface area contributed by atoms with Crippen LogP contribution in [0.4, 0.5) is 0 Å². The molecule has 0 bridgehead atoms. The molecule has 0 unspecified atom stereocenters. The molecule has 74 valence electrons. The first-order valence-corrected chi connectivity index (χ1v) is 4.44. The van der Waals surface area contributed by atoms with Gasteiger partial charge in [0.1, 0.15) is 5.71 Å². The fourth-order valence-corrected chi connectivity index (χ4v) is 1.17. The van der Waals surface area contributed by atoms with Crippen molar-refractivity contribution < 1.29 is 9.53 Å². The Bertz CT molecular complexity index is 390. The van der Waals surface area contributed by atoms with E-state index < -0.39 is 5.97 Å². The van der Waals surface area contributed by atoms with Crippen LogP contribution in [0.15, 0.2) is 18.2 Å². The third-order valence-corrected chi connectivity index (χ3v) is 2.34. The smallest absolute Gasteiger partial charge is 0.356 e. The van der Waals surface area contributed by atoms with E-state index in [-0.39, 0.29) is 5.71 Å². The minimum Gasteiger partial charge on any atom is -0.464 e.